The van der Waals surface area contributed by atoms with Gasteiger partial charge in [-0.25, -0.2) is 0 Å². The van der Waals surface area contributed by atoms with Gasteiger partial charge in [0.2, 0.25) is 5.91 Å². The number of carbonyl (C=O) groups excluding carboxylic acids is 1. The number of hydrogen-bond acceptors (Lipinski definition) is 2. The molecule has 1 saturated heterocycles. The molecule has 0 bridgehead atoms. The van der Waals surface area contributed by atoms with Gasteiger partial charge in [0.25, 0.3) is 0 Å². The van der Waals surface area contributed by atoms with Gasteiger partial charge < -0.3 is 10.6 Å². The van der Waals surface area contributed by atoms with Crippen molar-refractivity contribution in [2.24, 2.45) is 0 Å². The van der Waals surface area contributed by atoms with Crippen molar-refractivity contribution in [3.05, 3.63) is 71.8 Å². The Morgan fingerprint density at radius 3 is 2.08 bits per heavy atom. The van der Waals surface area contributed by atoms with Gasteiger partial charge in [-0.15, -0.1) is 12.4 Å². The minimum Gasteiger partial charge on any atom is -0.352 e. The highest BCUT2D eigenvalue weighted by molar-refractivity contribution is 5.87. The van der Waals surface area contributed by atoms with E-state index in [-0.39, 0.29) is 30.3 Å². The van der Waals surface area contributed by atoms with Crippen LogP contribution in [0.3, 0.4) is 0 Å². The molecular formula is C20H25ClN2O. The van der Waals surface area contributed by atoms with Crippen LogP contribution in [0.15, 0.2) is 60.7 Å². The van der Waals surface area contributed by atoms with Crippen molar-refractivity contribution in [2.45, 2.75) is 37.8 Å². The summed E-state index contributed by atoms with van der Waals surface area (Å²) in [5.74, 6) is -0.149. The van der Waals surface area contributed by atoms with Crippen LogP contribution in [0.5, 0.6) is 0 Å². The first-order valence-electron chi connectivity index (χ1n) is 8.37. The van der Waals surface area contributed by atoms with Gasteiger partial charge in [-0.05, 0) is 37.4 Å². The second-order valence-corrected chi connectivity index (χ2v) is 6.34. The summed E-state index contributed by atoms with van der Waals surface area (Å²) in [7, 11) is 0. The standard InChI is InChI=1S/C20H24N2O.ClH/c1-15-14-18(12-13-21-15)22-20(23)19(16-8-4-2-5-9-16)17-10-6-3-7-11-17;/h2-11,15,18-19,21H,12-14H2,1H3,(H,22,23);1H. The lowest BCUT2D eigenvalue weighted by atomic mass is 9.89. The van der Waals surface area contributed by atoms with Crippen LogP contribution in [-0.2, 0) is 4.79 Å². The fourth-order valence-corrected chi connectivity index (χ4v) is 3.33. The Kier molecular flexibility index (Phi) is 6.83. The first-order chi connectivity index (χ1) is 11.2. The quantitative estimate of drug-likeness (QED) is 0.891. The lowest BCUT2D eigenvalue weighted by molar-refractivity contribution is -0.122. The van der Waals surface area contributed by atoms with Gasteiger partial charge in [-0.3, -0.25) is 4.79 Å². The summed E-state index contributed by atoms with van der Waals surface area (Å²) in [5, 5.41) is 6.69. The van der Waals surface area contributed by atoms with Gasteiger partial charge in [0.15, 0.2) is 0 Å². The van der Waals surface area contributed by atoms with E-state index in [0.717, 1.165) is 30.5 Å². The Balaban J connectivity index is 0.00000208. The molecule has 1 fully saturated rings. The highest BCUT2D eigenvalue weighted by atomic mass is 35.5. The van der Waals surface area contributed by atoms with E-state index in [0.29, 0.717) is 6.04 Å². The van der Waals surface area contributed by atoms with E-state index >= 15 is 0 Å². The molecule has 1 heterocycles. The maximum absolute atomic E-state index is 13.0. The molecule has 3 rings (SSSR count). The van der Waals surface area contributed by atoms with Crippen molar-refractivity contribution in [1.82, 2.24) is 10.6 Å². The molecule has 0 aromatic heterocycles. The van der Waals surface area contributed by atoms with Crippen LogP contribution in [0.2, 0.25) is 0 Å². The Hall–Kier alpha value is -1.84. The third kappa shape index (κ3) is 4.59. The molecule has 128 valence electrons. The highest BCUT2D eigenvalue weighted by Gasteiger charge is 2.26. The molecule has 2 unspecified atom stereocenters. The molecule has 2 N–H and O–H groups in total. The Morgan fingerprint density at radius 1 is 1.04 bits per heavy atom. The number of nitrogens with one attached hydrogen (secondary N) is 2. The summed E-state index contributed by atoms with van der Waals surface area (Å²) in [6.45, 7) is 3.14. The Bertz CT molecular complexity index is 593. The summed E-state index contributed by atoms with van der Waals surface area (Å²) < 4.78 is 0. The van der Waals surface area contributed by atoms with E-state index in [4.69, 9.17) is 0 Å². The average molecular weight is 345 g/mol. The summed E-state index contributed by atoms with van der Waals surface area (Å²) >= 11 is 0. The molecule has 0 aliphatic carbocycles. The highest BCUT2D eigenvalue weighted by Crippen LogP contribution is 2.25. The molecule has 0 radical (unpaired) electrons. The third-order valence-electron chi connectivity index (χ3n) is 4.50. The zero-order chi connectivity index (χ0) is 16.1. The molecule has 2 atom stereocenters. The summed E-state index contributed by atoms with van der Waals surface area (Å²) in [6.07, 6.45) is 1.98. The predicted octanol–water partition coefficient (Wildman–Crippen LogP) is 3.50. The van der Waals surface area contributed by atoms with Gasteiger partial charge >= 0.3 is 0 Å². The van der Waals surface area contributed by atoms with E-state index in [1.807, 2.05) is 60.7 Å². The molecule has 1 aliphatic rings. The number of rotatable bonds is 4. The molecule has 2 aromatic rings. The number of amides is 1. The van der Waals surface area contributed by atoms with Crippen LogP contribution in [-0.4, -0.2) is 24.5 Å². The lowest BCUT2D eigenvalue weighted by Crippen LogP contribution is -2.47. The molecule has 1 aliphatic heterocycles. The van der Waals surface area contributed by atoms with Crippen LogP contribution in [0, 0.1) is 0 Å². The summed E-state index contributed by atoms with van der Waals surface area (Å²) in [6, 6.07) is 20.8. The number of benzene rings is 2. The van der Waals surface area contributed by atoms with Gasteiger partial charge in [0.1, 0.15) is 0 Å². The fraction of sp³-hybridized carbons (Fsp3) is 0.350. The normalized spacial score (nSPS) is 20.2. The lowest BCUT2D eigenvalue weighted by Gasteiger charge is -2.30. The maximum Gasteiger partial charge on any atom is 0.232 e. The smallest absolute Gasteiger partial charge is 0.232 e. The van der Waals surface area contributed by atoms with E-state index in [1.165, 1.54) is 0 Å². The zero-order valence-corrected chi connectivity index (χ0v) is 14.8. The topological polar surface area (TPSA) is 41.1 Å². The molecule has 0 saturated carbocycles. The van der Waals surface area contributed by atoms with Gasteiger partial charge in [-0.2, -0.15) is 0 Å². The summed E-state index contributed by atoms with van der Waals surface area (Å²) in [5.41, 5.74) is 2.08. The second-order valence-electron chi connectivity index (χ2n) is 6.34. The van der Waals surface area contributed by atoms with Crippen LogP contribution in [0.25, 0.3) is 0 Å². The van der Waals surface area contributed by atoms with Crippen molar-refractivity contribution in [2.75, 3.05) is 6.54 Å². The van der Waals surface area contributed by atoms with Gasteiger partial charge in [-0.1, -0.05) is 60.7 Å². The van der Waals surface area contributed by atoms with Gasteiger partial charge in [0, 0.05) is 12.1 Å². The van der Waals surface area contributed by atoms with E-state index in [9.17, 15) is 4.79 Å². The fourth-order valence-electron chi connectivity index (χ4n) is 3.33. The van der Waals surface area contributed by atoms with Crippen molar-refractivity contribution in [3.63, 3.8) is 0 Å². The summed E-state index contributed by atoms with van der Waals surface area (Å²) in [4.78, 5) is 13.0. The first-order valence-corrected chi connectivity index (χ1v) is 8.37. The molecule has 0 spiro atoms. The maximum atomic E-state index is 13.0. The van der Waals surface area contributed by atoms with Crippen molar-refractivity contribution in [3.8, 4) is 0 Å². The van der Waals surface area contributed by atoms with E-state index < -0.39 is 0 Å². The van der Waals surface area contributed by atoms with Crippen LogP contribution in [0.1, 0.15) is 36.8 Å². The number of hydrogen-bond donors (Lipinski definition) is 2. The minimum atomic E-state index is -0.248. The second kappa shape index (κ2) is 8.86. The average Bonchev–Trinajstić information content (AvgIpc) is 2.57. The van der Waals surface area contributed by atoms with Crippen molar-refractivity contribution >= 4 is 18.3 Å². The molecule has 24 heavy (non-hydrogen) atoms. The Labute approximate surface area is 150 Å². The predicted molar refractivity (Wildman–Crippen MR) is 101 cm³/mol. The monoisotopic (exact) mass is 344 g/mol. The number of piperidine rings is 1. The molecular weight excluding hydrogens is 320 g/mol. The molecule has 4 heteroatoms. The minimum absolute atomic E-state index is 0. The number of halogens is 1. The van der Waals surface area contributed by atoms with E-state index in [2.05, 4.69) is 17.6 Å². The van der Waals surface area contributed by atoms with Crippen LogP contribution < -0.4 is 10.6 Å². The van der Waals surface area contributed by atoms with Crippen LogP contribution in [0.4, 0.5) is 0 Å². The van der Waals surface area contributed by atoms with Crippen LogP contribution >= 0.6 is 12.4 Å². The van der Waals surface area contributed by atoms with Crippen molar-refractivity contribution < 1.29 is 4.79 Å². The first kappa shape index (κ1) is 18.5. The molecule has 3 nitrogen and oxygen atoms in total. The Morgan fingerprint density at radius 2 is 1.58 bits per heavy atom. The number of carbonyl (C=O) groups is 1. The SMILES string of the molecule is CC1CC(NC(=O)C(c2ccccc2)c2ccccc2)CCN1.Cl. The van der Waals surface area contributed by atoms with Gasteiger partial charge in [0.05, 0.1) is 5.92 Å². The molecule has 2 aromatic carbocycles. The third-order valence-corrected chi connectivity index (χ3v) is 4.50. The zero-order valence-electron chi connectivity index (χ0n) is 13.9. The van der Waals surface area contributed by atoms with Crippen molar-refractivity contribution in [1.29, 1.82) is 0 Å². The largest absolute Gasteiger partial charge is 0.352 e. The van der Waals surface area contributed by atoms with E-state index in [1.54, 1.807) is 0 Å². The molecule has 1 amide bonds.